The highest BCUT2D eigenvalue weighted by atomic mass is 19.1. The number of benzene rings is 2. The summed E-state index contributed by atoms with van der Waals surface area (Å²) in [5.74, 6) is -4.56. The Morgan fingerprint density at radius 2 is 1.77 bits per heavy atom. The number of aryl methyl sites for hydroxylation is 1. The summed E-state index contributed by atoms with van der Waals surface area (Å²) in [6.07, 6.45) is 0. The zero-order valence-electron chi connectivity index (χ0n) is 14.4. The molecule has 0 unspecified atom stereocenters. The Kier molecular flexibility index (Phi) is 4.84. The van der Waals surface area contributed by atoms with Gasteiger partial charge in [0.15, 0.2) is 0 Å². The molecule has 134 valence electrons. The third-order valence-electron chi connectivity index (χ3n) is 4.38. The van der Waals surface area contributed by atoms with Crippen LogP contribution in [-0.4, -0.2) is 24.3 Å². The molecule has 3 rings (SSSR count). The third kappa shape index (κ3) is 2.98. The van der Waals surface area contributed by atoms with Gasteiger partial charge in [0.05, 0.1) is 12.6 Å². The number of nitrogens with zero attached hydrogens (tertiary/aromatic N) is 1. The summed E-state index contributed by atoms with van der Waals surface area (Å²) in [5, 5.41) is 0. The van der Waals surface area contributed by atoms with Crippen LogP contribution in [-0.2, 0) is 19.1 Å². The van der Waals surface area contributed by atoms with E-state index in [1.165, 1.54) is 23.1 Å². The molecule has 0 N–H and O–H groups in total. The Labute approximate surface area is 150 Å². The van der Waals surface area contributed by atoms with Crippen molar-refractivity contribution in [2.24, 2.45) is 5.92 Å². The van der Waals surface area contributed by atoms with Gasteiger partial charge in [-0.1, -0.05) is 35.9 Å². The van der Waals surface area contributed by atoms with E-state index in [2.05, 4.69) is 0 Å². The number of ether oxygens (including phenoxy) is 1. The van der Waals surface area contributed by atoms with Gasteiger partial charge in [0.1, 0.15) is 11.7 Å². The average Bonchev–Trinajstić information content (AvgIpc) is 2.88. The predicted octanol–water partition coefficient (Wildman–Crippen LogP) is 2.97. The maximum atomic E-state index is 14.5. The highest BCUT2D eigenvalue weighted by Crippen LogP contribution is 2.41. The number of esters is 1. The van der Waals surface area contributed by atoms with E-state index < -0.39 is 35.4 Å². The highest BCUT2D eigenvalue weighted by molar-refractivity contribution is 6.47. The van der Waals surface area contributed by atoms with Crippen molar-refractivity contribution in [1.29, 1.82) is 0 Å². The van der Waals surface area contributed by atoms with Gasteiger partial charge in [-0.05, 0) is 32.0 Å². The molecular formula is C20H18FNO4. The van der Waals surface area contributed by atoms with E-state index in [4.69, 9.17) is 4.74 Å². The van der Waals surface area contributed by atoms with Gasteiger partial charge in [-0.25, -0.2) is 4.39 Å². The van der Waals surface area contributed by atoms with Gasteiger partial charge in [-0.15, -0.1) is 0 Å². The van der Waals surface area contributed by atoms with Crippen LogP contribution in [0.1, 0.15) is 24.1 Å². The fourth-order valence-corrected chi connectivity index (χ4v) is 3.16. The molecule has 0 radical (unpaired) electrons. The van der Waals surface area contributed by atoms with Crippen LogP contribution in [0.4, 0.5) is 10.1 Å². The van der Waals surface area contributed by atoms with E-state index in [1.807, 2.05) is 6.92 Å². The molecule has 0 aromatic heterocycles. The summed E-state index contributed by atoms with van der Waals surface area (Å²) in [5.41, 5.74) is 1.50. The molecule has 2 aromatic rings. The lowest BCUT2D eigenvalue weighted by Crippen LogP contribution is -2.31. The molecule has 5 nitrogen and oxygen atoms in total. The number of hydrogen-bond acceptors (Lipinski definition) is 4. The second-order valence-corrected chi connectivity index (χ2v) is 6.07. The molecular weight excluding hydrogens is 337 g/mol. The van der Waals surface area contributed by atoms with Crippen molar-refractivity contribution >= 4 is 23.3 Å². The second-order valence-electron chi connectivity index (χ2n) is 6.07. The first kappa shape index (κ1) is 17.8. The van der Waals surface area contributed by atoms with Crippen LogP contribution in [0.2, 0.25) is 0 Å². The minimum atomic E-state index is -1.40. The number of ketones is 1. The molecule has 1 aliphatic heterocycles. The van der Waals surface area contributed by atoms with E-state index in [9.17, 15) is 18.8 Å². The van der Waals surface area contributed by atoms with Gasteiger partial charge in [0, 0.05) is 11.3 Å². The Bertz CT molecular complexity index is 862. The highest BCUT2D eigenvalue weighted by Gasteiger charge is 2.53. The molecule has 0 spiro atoms. The minimum Gasteiger partial charge on any atom is -0.465 e. The normalized spacial score (nSPS) is 19.7. The standard InChI is InChI=1S/C20H18FNO4/c1-3-26-20(25)16-17(14-6-4-5-7-15(14)21)22(19(24)18(16)23)13-10-8-12(2)9-11-13/h4-11,16-17H,3H2,1-2H3/t16-,17-/m1/s1. The predicted molar refractivity (Wildman–Crippen MR) is 92.9 cm³/mol. The average molecular weight is 355 g/mol. The lowest BCUT2D eigenvalue weighted by molar-refractivity contribution is -0.152. The monoisotopic (exact) mass is 355 g/mol. The van der Waals surface area contributed by atoms with Gasteiger partial charge in [0.2, 0.25) is 5.78 Å². The second kappa shape index (κ2) is 7.07. The molecule has 0 saturated carbocycles. The summed E-state index contributed by atoms with van der Waals surface area (Å²) >= 11 is 0. The number of rotatable bonds is 4. The first-order chi connectivity index (χ1) is 12.5. The lowest BCUT2D eigenvalue weighted by atomic mass is 9.92. The molecule has 0 aliphatic carbocycles. The number of hydrogen-bond donors (Lipinski definition) is 0. The number of halogens is 1. The molecule has 1 aliphatic rings. The molecule has 2 atom stereocenters. The van der Waals surface area contributed by atoms with Crippen molar-refractivity contribution in [3.05, 3.63) is 65.5 Å². The van der Waals surface area contributed by atoms with Crippen LogP contribution >= 0.6 is 0 Å². The van der Waals surface area contributed by atoms with Crippen LogP contribution in [0.3, 0.4) is 0 Å². The van der Waals surface area contributed by atoms with Crippen molar-refractivity contribution in [2.75, 3.05) is 11.5 Å². The van der Waals surface area contributed by atoms with Gasteiger partial charge in [0.25, 0.3) is 5.91 Å². The van der Waals surface area contributed by atoms with Crippen LogP contribution in [0.25, 0.3) is 0 Å². The fraction of sp³-hybridized carbons (Fsp3) is 0.250. The van der Waals surface area contributed by atoms with E-state index in [-0.39, 0.29) is 12.2 Å². The molecule has 1 amide bonds. The number of amides is 1. The smallest absolute Gasteiger partial charge is 0.319 e. The summed E-state index contributed by atoms with van der Waals surface area (Å²) in [6.45, 7) is 3.55. The van der Waals surface area contributed by atoms with Gasteiger partial charge >= 0.3 is 5.97 Å². The van der Waals surface area contributed by atoms with E-state index in [1.54, 1.807) is 37.3 Å². The molecule has 1 saturated heterocycles. The molecule has 26 heavy (non-hydrogen) atoms. The molecule has 0 bridgehead atoms. The van der Waals surface area contributed by atoms with Crippen molar-refractivity contribution in [3.63, 3.8) is 0 Å². The van der Waals surface area contributed by atoms with Crippen molar-refractivity contribution in [2.45, 2.75) is 19.9 Å². The largest absolute Gasteiger partial charge is 0.465 e. The summed E-state index contributed by atoms with van der Waals surface area (Å²) in [4.78, 5) is 38.8. The van der Waals surface area contributed by atoms with Gasteiger partial charge in [-0.3, -0.25) is 19.3 Å². The van der Waals surface area contributed by atoms with Crippen LogP contribution in [0.15, 0.2) is 48.5 Å². The van der Waals surface area contributed by atoms with Crippen LogP contribution in [0.5, 0.6) is 0 Å². The Morgan fingerprint density at radius 1 is 1.12 bits per heavy atom. The molecule has 1 heterocycles. The first-order valence-corrected chi connectivity index (χ1v) is 8.30. The summed E-state index contributed by atoms with van der Waals surface area (Å²) in [7, 11) is 0. The molecule has 6 heteroatoms. The Balaban J connectivity index is 2.16. The number of carbonyl (C=O) groups is 3. The molecule has 2 aromatic carbocycles. The molecule has 1 fully saturated rings. The number of carbonyl (C=O) groups excluding carboxylic acids is 3. The lowest BCUT2D eigenvalue weighted by Gasteiger charge is -2.27. The van der Waals surface area contributed by atoms with Gasteiger partial charge < -0.3 is 4.74 Å². The maximum absolute atomic E-state index is 14.5. The maximum Gasteiger partial charge on any atom is 0.319 e. The van der Waals surface area contributed by atoms with Crippen molar-refractivity contribution in [3.8, 4) is 0 Å². The van der Waals surface area contributed by atoms with Crippen LogP contribution in [0, 0.1) is 18.7 Å². The van der Waals surface area contributed by atoms with Crippen molar-refractivity contribution in [1.82, 2.24) is 0 Å². The zero-order chi connectivity index (χ0) is 18.8. The summed E-state index contributed by atoms with van der Waals surface area (Å²) in [6, 6.07) is 11.6. The minimum absolute atomic E-state index is 0.0608. The fourth-order valence-electron chi connectivity index (χ4n) is 3.16. The zero-order valence-corrected chi connectivity index (χ0v) is 14.4. The van der Waals surface area contributed by atoms with Gasteiger partial charge in [-0.2, -0.15) is 0 Å². The summed E-state index contributed by atoms with van der Waals surface area (Å²) < 4.78 is 19.4. The topological polar surface area (TPSA) is 63.7 Å². The van der Waals surface area contributed by atoms with E-state index in [0.717, 1.165) is 5.56 Å². The quantitative estimate of drug-likeness (QED) is 0.481. The van der Waals surface area contributed by atoms with Crippen molar-refractivity contribution < 1.29 is 23.5 Å². The number of anilines is 1. The third-order valence-corrected chi connectivity index (χ3v) is 4.38. The Morgan fingerprint density at radius 3 is 2.38 bits per heavy atom. The van der Waals surface area contributed by atoms with E-state index >= 15 is 0 Å². The van der Waals surface area contributed by atoms with Crippen LogP contribution < -0.4 is 4.90 Å². The SMILES string of the molecule is CCOC(=O)[C@H]1C(=O)C(=O)N(c2ccc(C)cc2)[C@@H]1c1ccccc1F. The Hall–Kier alpha value is -3.02. The number of Topliss-reactive ketones (excluding diaryl/α,β-unsaturated/α-hetero) is 1. The van der Waals surface area contributed by atoms with E-state index in [0.29, 0.717) is 5.69 Å². The first-order valence-electron chi connectivity index (χ1n) is 8.30.